The molecule has 0 saturated carbocycles. The van der Waals surface area contributed by atoms with Crippen LogP contribution in [0.5, 0.6) is 0 Å². The molecule has 3 heterocycles. The van der Waals surface area contributed by atoms with E-state index >= 15 is 0 Å². The second kappa shape index (κ2) is 14.7. The van der Waals surface area contributed by atoms with Gasteiger partial charge in [-0.3, -0.25) is 0 Å². The van der Waals surface area contributed by atoms with Crippen LogP contribution >= 0.6 is 0 Å². The molecule has 0 amide bonds. The summed E-state index contributed by atoms with van der Waals surface area (Å²) in [4.78, 5) is 10.5. The molecule has 0 aliphatic carbocycles. The van der Waals surface area contributed by atoms with Gasteiger partial charge in [-0.25, -0.2) is 9.97 Å². The van der Waals surface area contributed by atoms with Gasteiger partial charge < -0.3 is 9.13 Å². The Morgan fingerprint density at radius 3 is 1.23 bits per heavy atom. The number of hydrogen-bond acceptors (Lipinski definition) is 2. The van der Waals surface area contributed by atoms with Crippen LogP contribution in [0, 0.1) is 0 Å². The second-order valence-electron chi connectivity index (χ2n) is 15.8. The van der Waals surface area contributed by atoms with Crippen molar-refractivity contribution in [1.29, 1.82) is 0 Å². The number of aromatic nitrogens is 4. The third kappa shape index (κ3) is 5.92. The van der Waals surface area contributed by atoms with Gasteiger partial charge in [0.15, 0.2) is 5.82 Å². The van der Waals surface area contributed by atoms with Gasteiger partial charge in [0.25, 0.3) is 0 Å². The Morgan fingerprint density at radius 2 is 0.677 bits per heavy atom. The molecule has 0 saturated heterocycles. The third-order valence-corrected chi connectivity index (χ3v) is 12.2. The van der Waals surface area contributed by atoms with Crippen LogP contribution in [0.15, 0.2) is 231 Å². The van der Waals surface area contributed by atoms with Gasteiger partial charge in [0.05, 0.1) is 33.5 Å². The predicted molar refractivity (Wildman–Crippen MR) is 258 cm³/mol. The van der Waals surface area contributed by atoms with Gasteiger partial charge >= 0.3 is 0 Å². The normalized spacial score (nSPS) is 11.5. The van der Waals surface area contributed by atoms with Gasteiger partial charge in [0, 0.05) is 49.6 Å². The molecule has 0 aliphatic rings. The zero-order valence-corrected chi connectivity index (χ0v) is 33.7. The lowest BCUT2D eigenvalue weighted by Gasteiger charge is -2.16. The molecule has 0 unspecified atom stereocenters. The van der Waals surface area contributed by atoms with Gasteiger partial charge in [0.1, 0.15) is 0 Å². The highest BCUT2D eigenvalue weighted by atomic mass is 15.0. The number of rotatable bonds is 7. The van der Waals surface area contributed by atoms with E-state index in [4.69, 9.17) is 9.97 Å². The molecule has 0 atom stereocenters. The van der Waals surface area contributed by atoms with Gasteiger partial charge in [-0.1, -0.05) is 176 Å². The lowest BCUT2D eigenvalue weighted by atomic mass is 9.91. The Kier molecular flexibility index (Phi) is 8.46. The molecule has 3 aromatic heterocycles. The second-order valence-corrected chi connectivity index (χ2v) is 15.8. The molecule has 62 heavy (non-hydrogen) atoms. The summed E-state index contributed by atoms with van der Waals surface area (Å²) >= 11 is 0. The number of hydrogen-bond donors (Lipinski definition) is 0. The van der Waals surface area contributed by atoms with Crippen molar-refractivity contribution < 1.29 is 0 Å². The summed E-state index contributed by atoms with van der Waals surface area (Å²) < 4.78 is 4.80. The highest BCUT2D eigenvalue weighted by Gasteiger charge is 2.19. The van der Waals surface area contributed by atoms with Crippen molar-refractivity contribution in [2.24, 2.45) is 0 Å². The van der Waals surface area contributed by atoms with Crippen LogP contribution in [0.4, 0.5) is 0 Å². The van der Waals surface area contributed by atoms with Crippen LogP contribution in [0.3, 0.4) is 0 Å². The van der Waals surface area contributed by atoms with Gasteiger partial charge in [-0.05, 0) is 76.9 Å². The molecule has 0 spiro atoms. The first kappa shape index (κ1) is 35.6. The summed E-state index contributed by atoms with van der Waals surface area (Å²) in [5.74, 6) is 0.692. The molecule has 290 valence electrons. The highest BCUT2D eigenvalue weighted by Crippen LogP contribution is 2.41. The minimum Gasteiger partial charge on any atom is -0.309 e. The first-order valence-electron chi connectivity index (χ1n) is 21.1. The smallest absolute Gasteiger partial charge is 0.161 e. The maximum Gasteiger partial charge on any atom is 0.161 e. The molecular weight excluding hydrogens is 753 g/mol. The molecule has 4 heteroatoms. The number of benzene rings is 9. The third-order valence-electron chi connectivity index (χ3n) is 12.2. The van der Waals surface area contributed by atoms with Gasteiger partial charge in [-0.15, -0.1) is 0 Å². The standard InChI is InChI=1S/C58H38N4/c1-3-18-39(19-4-1)52-38-53(40-20-5-2-6-21-40)60-58(59-52)50-30-10-9-26-46(50)45-25-8-7-24-44(45)41-34-35-57-51(36-41)49-29-13-16-33-56(49)62(57)43-23-17-22-42(37-43)61-54-31-14-11-27-47(54)48-28-12-15-32-55(48)61/h1-38H. The van der Waals surface area contributed by atoms with Crippen molar-refractivity contribution in [3.8, 4) is 67.5 Å². The number of fused-ring (bicyclic) bond motifs is 6. The van der Waals surface area contributed by atoms with Crippen LogP contribution in [0.25, 0.3) is 111 Å². The fraction of sp³-hybridized carbons (Fsp3) is 0. The maximum atomic E-state index is 5.23. The summed E-state index contributed by atoms with van der Waals surface area (Å²) in [5, 5.41) is 4.93. The van der Waals surface area contributed by atoms with E-state index in [0.29, 0.717) is 5.82 Å². The Hall–Kier alpha value is -8.34. The Balaban J connectivity index is 1.00. The van der Waals surface area contributed by atoms with Crippen LogP contribution in [-0.4, -0.2) is 19.1 Å². The summed E-state index contributed by atoms with van der Waals surface area (Å²) in [6.07, 6.45) is 0. The SMILES string of the molecule is c1ccc(-c2cc(-c3ccccc3)nc(-c3ccccc3-c3ccccc3-c3ccc4c(c3)c3ccccc3n4-c3cccc(-n4c5ccccc5c5ccccc54)c3)n2)cc1. The van der Waals surface area contributed by atoms with Gasteiger partial charge in [0.2, 0.25) is 0 Å². The number of nitrogens with zero attached hydrogens (tertiary/aromatic N) is 4. The Labute approximate surface area is 359 Å². The molecule has 0 N–H and O–H groups in total. The van der Waals surface area contributed by atoms with E-state index < -0.39 is 0 Å². The lowest BCUT2D eigenvalue weighted by Crippen LogP contribution is -1.98. The largest absolute Gasteiger partial charge is 0.309 e. The van der Waals surface area contributed by atoms with E-state index in [1.54, 1.807) is 0 Å². The molecule has 4 nitrogen and oxygen atoms in total. The Bertz CT molecular complexity index is 3520. The van der Waals surface area contributed by atoms with E-state index in [2.05, 4.69) is 228 Å². The summed E-state index contributed by atoms with van der Waals surface area (Å²) in [6, 6.07) is 82.1. The monoisotopic (exact) mass is 790 g/mol. The maximum absolute atomic E-state index is 5.23. The van der Waals surface area contributed by atoms with Crippen molar-refractivity contribution >= 4 is 43.6 Å². The zero-order valence-electron chi connectivity index (χ0n) is 33.7. The first-order chi connectivity index (χ1) is 30.8. The number of para-hydroxylation sites is 3. The molecule has 9 aromatic carbocycles. The molecule has 0 bridgehead atoms. The van der Waals surface area contributed by atoms with E-state index in [1.807, 2.05) is 12.1 Å². The highest BCUT2D eigenvalue weighted by molar-refractivity contribution is 6.12. The summed E-state index contributed by atoms with van der Waals surface area (Å²) in [7, 11) is 0. The van der Waals surface area contributed by atoms with E-state index in [9.17, 15) is 0 Å². The Morgan fingerprint density at radius 1 is 0.258 bits per heavy atom. The van der Waals surface area contributed by atoms with E-state index in [0.717, 1.165) is 67.2 Å². The fourth-order valence-corrected chi connectivity index (χ4v) is 9.35. The molecule has 0 fully saturated rings. The van der Waals surface area contributed by atoms with Crippen LogP contribution in [0.2, 0.25) is 0 Å². The van der Waals surface area contributed by atoms with Crippen molar-refractivity contribution in [3.63, 3.8) is 0 Å². The molecule has 12 rings (SSSR count). The first-order valence-corrected chi connectivity index (χ1v) is 21.1. The molecule has 0 radical (unpaired) electrons. The van der Waals surface area contributed by atoms with Gasteiger partial charge in [-0.2, -0.15) is 0 Å². The van der Waals surface area contributed by atoms with Crippen LogP contribution in [0.1, 0.15) is 0 Å². The van der Waals surface area contributed by atoms with Crippen molar-refractivity contribution in [2.45, 2.75) is 0 Å². The van der Waals surface area contributed by atoms with Crippen LogP contribution in [-0.2, 0) is 0 Å². The minimum absolute atomic E-state index is 0.692. The average Bonchev–Trinajstić information content (AvgIpc) is 3.87. The van der Waals surface area contributed by atoms with Crippen molar-refractivity contribution in [2.75, 3.05) is 0 Å². The summed E-state index contributed by atoms with van der Waals surface area (Å²) in [5.41, 5.74) is 16.3. The predicted octanol–water partition coefficient (Wildman–Crippen LogP) is 15.0. The van der Waals surface area contributed by atoms with E-state index in [1.165, 1.54) is 38.1 Å². The van der Waals surface area contributed by atoms with E-state index in [-0.39, 0.29) is 0 Å². The average molecular weight is 791 g/mol. The minimum atomic E-state index is 0.692. The van der Waals surface area contributed by atoms with Crippen LogP contribution < -0.4 is 0 Å². The molecular formula is C58H38N4. The molecule has 0 aliphatic heterocycles. The lowest BCUT2D eigenvalue weighted by molar-refractivity contribution is 1.13. The van der Waals surface area contributed by atoms with Crippen molar-refractivity contribution in [3.05, 3.63) is 231 Å². The zero-order chi connectivity index (χ0) is 41.0. The topological polar surface area (TPSA) is 35.6 Å². The summed E-state index contributed by atoms with van der Waals surface area (Å²) in [6.45, 7) is 0. The van der Waals surface area contributed by atoms with Crippen molar-refractivity contribution in [1.82, 2.24) is 19.1 Å². The fourth-order valence-electron chi connectivity index (χ4n) is 9.35. The quantitative estimate of drug-likeness (QED) is 0.161. The molecule has 12 aromatic rings.